The number of hydrogen-bond donors (Lipinski definition) is 1. The Morgan fingerprint density at radius 3 is 2.62 bits per heavy atom. The molecule has 0 aromatic heterocycles. The summed E-state index contributed by atoms with van der Waals surface area (Å²) in [4.78, 5) is 11.9. The molecule has 1 aliphatic rings. The number of Topliss-reactive ketones (excluding diaryl/α,β-unsaturated/α-hetero) is 1. The van der Waals surface area contributed by atoms with E-state index < -0.39 is 9.84 Å². The van der Waals surface area contributed by atoms with E-state index in [0.29, 0.717) is 6.54 Å². The van der Waals surface area contributed by atoms with Gasteiger partial charge in [-0.2, -0.15) is 0 Å². The van der Waals surface area contributed by atoms with Gasteiger partial charge < -0.3 is 5.73 Å². The average molecular weight is 247 g/mol. The second kappa shape index (κ2) is 5.77. The highest BCUT2D eigenvalue weighted by molar-refractivity contribution is 7.91. The van der Waals surface area contributed by atoms with Gasteiger partial charge in [-0.1, -0.05) is 13.3 Å². The molecule has 0 bridgehead atoms. The molecule has 4 nitrogen and oxygen atoms in total. The Balaban J connectivity index is 2.47. The third kappa shape index (κ3) is 3.56. The van der Waals surface area contributed by atoms with Gasteiger partial charge in [-0.3, -0.25) is 4.79 Å². The molecule has 16 heavy (non-hydrogen) atoms. The van der Waals surface area contributed by atoms with E-state index in [1.807, 2.05) is 0 Å². The molecule has 0 heterocycles. The van der Waals surface area contributed by atoms with Crippen LogP contribution in [-0.2, 0) is 14.6 Å². The van der Waals surface area contributed by atoms with Crippen molar-refractivity contribution in [3.05, 3.63) is 0 Å². The zero-order valence-corrected chi connectivity index (χ0v) is 10.6. The number of carbonyl (C=O) groups is 1. The zero-order chi connectivity index (χ0) is 12.2. The lowest BCUT2D eigenvalue weighted by molar-refractivity contribution is -0.123. The molecule has 0 spiro atoms. The van der Waals surface area contributed by atoms with Crippen molar-refractivity contribution in [2.45, 2.75) is 32.6 Å². The van der Waals surface area contributed by atoms with Gasteiger partial charge in [0.05, 0.1) is 5.75 Å². The highest BCUT2D eigenvalue weighted by Gasteiger charge is 2.31. The van der Waals surface area contributed by atoms with Crippen LogP contribution in [0.25, 0.3) is 0 Å². The van der Waals surface area contributed by atoms with E-state index in [-0.39, 0.29) is 35.5 Å². The van der Waals surface area contributed by atoms with Gasteiger partial charge in [0.25, 0.3) is 0 Å². The summed E-state index contributed by atoms with van der Waals surface area (Å²) in [5.41, 5.74) is 5.60. The zero-order valence-electron chi connectivity index (χ0n) is 9.81. The fraction of sp³-hybridized carbons (Fsp3) is 0.909. The summed E-state index contributed by atoms with van der Waals surface area (Å²) in [6, 6.07) is 0. The van der Waals surface area contributed by atoms with Crippen LogP contribution in [-0.4, -0.2) is 32.3 Å². The Morgan fingerprint density at radius 2 is 2.06 bits per heavy atom. The molecule has 0 aromatic rings. The maximum absolute atomic E-state index is 11.9. The van der Waals surface area contributed by atoms with Crippen molar-refractivity contribution < 1.29 is 13.2 Å². The first-order valence-electron chi connectivity index (χ1n) is 5.93. The van der Waals surface area contributed by atoms with E-state index in [2.05, 4.69) is 0 Å². The Hall–Kier alpha value is -0.420. The highest BCUT2D eigenvalue weighted by atomic mass is 32.2. The molecule has 1 aliphatic carbocycles. The van der Waals surface area contributed by atoms with Crippen LogP contribution in [0.2, 0.25) is 0 Å². The molecule has 1 rings (SSSR count). The lowest BCUT2D eigenvalue weighted by Gasteiger charge is -2.16. The Kier molecular flexibility index (Phi) is 4.92. The van der Waals surface area contributed by atoms with Crippen LogP contribution in [0.3, 0.4) is 0 Å². The van der Waals surface area contributed by atoms with E-state index in [4.69, 9.17) is 5.73 Å². The summed E-state index contributed by atoms with van der Waals surface area (Å²) in [6.45, 7) is 2.15. The van der Waals surface area contributed by atoms with Crippen LogP contribution in [0.1, 0.15) is 32.6 Å². The lowest BCUT2D eigenvalue weighted by atomic mass is 9.91. The molecule has 2 unspecified atom stereocenters. The van der Waals surface area contributed by atoms with Crippen molar-refractivity contribution in [1.29, 1.82) is 0 Å². The maximum atomic E-state index is 11.9. The van der Waals surface area contributed by atoms with Crippen molar-refractivity contribution in [1.82, 2.24) is 0 Å². The Labute approximate surface area is 97.5 Å². The molecule has 2 atom stereocenters. The second-order valence-corrected chi connectivity index (χ2v) is 6.96. The first kappa shape index (κ1) is 13.6. The molecule has 5 heteroatoms. The minimum absolute atomic E-state index is 0.00384. The summed E-state index contributed by atoms with van der Waals surface area (Å²) in [5, 5.41) is 0. The number of sulfone groups is 1. The standard InChI is InChI=1S/C11H21NO3S/c1-2-16(14,15)7-6-11(13)10-5-3-4-9(10)8-12/h9-10H,2-8,12H2,1H3. The van der Waals surface area contributed by atoms with Crippen LogP contribution < -0.4 is 5.73 Å². The van der Waals surface area contributed by atoms with Crippen molar-refractivity contribution in [3.8, 4) is 0 Å². The molecule has 0 amide bonds. The molecule has 0 aromatic carbocycles. The van der Waals surface area contributed by atoms with E-state index in [1.54, 1.807) is 6.92 Å². The molecular weight excluding hydrogens is 226 g/mol. The SMILES string of the molecule is CCS(=O)(=O)CCC(=O)C1CCCC1CN. The Bertz CT molecular complexity index is 337. The normalized spacial score (nSPS) is 25.9. The maximum Gasteiger partial charge on any atom is 0.150 e. The molecule has 2 N–H and O–H groups in total. The van der Waals surface area contributed by atoms with Gasteiger partial charge in [0, 0.05) is 18.1 Å². The average Bonchev–Trinajstić information content (AvgIpc) is 2.74. The number of nitrogens with two attached hydrogens (primary N) is 1. The summed E-state index contributed by atoms with van der Waals surface area (Å²) >= 11 is 0. The molecule has 0 aliphatic heterocycles. The van der Waals surface area contributed by atoms with Crippen molar-refractivity contribution >= 4 is 15.6 Å². The second-order valence-electron chi connectivity index (χ2n) is 4.49. The van der Waals surface area contributed by atoms with E-state index >= 15 is 0 Å². The first-order valence-corrected chi connectivity index (χ1v) is 7.75. The smallest absolute Gasteiger partial charge is 0.150 e. The van der Waals surface area contributed by atoms with Crippen LogP contribution in [0.4, 0.5) is 0 Å². The quantitative estimate of drug-likeness (QED) is 0.751. The van der Waals surface area contributed by atoms with Gasteiger partial charge in [0.2, 0.25) is 0 Å². The van der Waals surface area contributed by atoms with E-state index in [0.717, 1.165) is 19.3 Å². The predicted octanol–water partition coefficient (Wildman–Crippen LogP) is 0.755. The number of hydrogen-bond acceptors (Lipinski definition) is 4. The molecule has 0 radical (unpaired) electrons. The number of ketones is 1. The fourth-order valence-electron chi connectivity index (χ4n) is 2.33. The minimum atomic E-state index is -3.02. The number of rotatable bonds is 6. The van der Waals surface area contributed by atoms with Crippen molar-refractivity contribution in [2.75, 3.05) is 18.1 Å². The van der Waals surface area contributed by atoms with Crippen molar-refractivity contribution in [2.24, 2.45) is 17.6 Å². The highest BCUT2D eigenvalue weighted by Crippen LogP contribution is 2.32. The molecular formula is C11H21NO3S. The summed E-state index contributed by atoms with van der Waals surface area (Å²) in [6.07, 6.45) is 3.09. The van der Waals surface area contributed by atoms with Gasteiger partial charge in [0.1, 0.15) is 15.6 Å². The third-order valence-electron chi connectivity index (χ3n) is 3.47. The van der Waals surface area contributed by atoms with Crippen LogP contribution >= 0.6 is 0 Å². The van der Waals surface area contributed by atoms with Crippen LogP contribution in [0.5, 0.6) is 0 Å². The molecule has 1 fully saturated rings. The summed E-state index contributed by atoms with van der Waals surface area (Å²) in [5.74, 6) is 0.486. The van der Waals surface area contributed by atoms with Crippen LogP contribution in [0, 0.1) is 11.8 Å². The largest absolute Gasteiger partial charge is 0.330 e. The monoisotopic (exact) mass is 247 g/mol. The first-order chi connectivity index (χ1) is 7.50. The van der Waals surface area contributed by atoms with Crippen LogP contribution in [0.15, 0.2) is 0 Å². The van der Waals surface area contributed by atoms with Gasteiger partial charge >= 0.3 is 0 Å². The Morgan fingerprint density at radius 1 is 1.38 bits per heavy atom. The minimum Gasteiger partial charge on any atom is -0.330 e. The van der Waals surface area contributed by atoms with Gasteiger partial charge in [-0.25, -0.2) is 8.42 Å². The van der Waals surface area contributed by atoms with Gasteiger partial charge in [0.15, 0.2) is 0 Å². The summed E-state index contributed by atoms with van der Waals surface area (Å²) < 4.78 is 22.6. The molecule has 0 saturated heterocycles. The van der Waals surface area contributed by atoms with E-state index in [9.17, 15) is 13.2 Å². The molecule has 1 saturated carbocycles. The summed E-state index contributed by atoms with van der Waals surface area (Å²) in [7, 11) is -3.02. The fourth-order valence-corrected chi connectivity index (χ4v) is 3.13. The number of carbonyl (C=O) groups excluding carboxylic acids is 1. The van der Waals surface area contributed by atoms with Crippen molar-refractivity contribution in [3.63, 3.8) is 0 Å². The lowest BCUT2D eigenvalue weighted by Crippen LogP contribution is -2.26. The topological polar surface area (TPSA) is 77.2 Å². The van der Waals surface area contributed by atoms with Gasteiger partial charge in [-0.05, 0) is 25.3 Å². The third-order valence-corrected chi connectivity index (χ3v) is 5.18. The van der Waals surface area contributed by atoms with Gasteiger partial charge in [-0.15, -0.1) is 0 Å². The predicted molar refractivity (Wildman–Crippen MR) is 63.8 cm³/mol. The molecule has 94 valence electrons. The van der Waals surface area contributed by atoms with E-state index in [1.165, 1.54) is 0 Å².